The highest BCUT2D eigenvalue weighted by atomic mass is 16.6. The summed E-state index contributed by atoms with van der Waals surface area (Å²) in [5.41, 5.74) is 0. The molecular weight excluding hydrogens is 212 g/mol. The third kappa shape index (κ3) is 1.64. The summed E-state index contributed by atoms with van der Waals surface area (Å²) in [4.78, 5) is 7.94. The van der Waals surface area contributed by atoms with Crippen molar-refractivity contribution in [3.8, 4) is 6.01 Å². The molecule has 1 aromatic heterocycles. The van der Waals surface area contributed by atoms with Crippen LogP contribution in [0.1, 0.15) is 0 Å². The summed E-state index contributed by atoms with van der Waals surface area (Å²) < 4.78 is 16.4. The van der Waals surface area contributed by atoms with Crippen LogP contribution in [0.2, 0.25) is 0 Å². The minimum absolute atomic E-state index is 0.223. The maximum atomic E-state index is 9.55. The molecule has 0 aliphatic carbocycles. The largest absolute Gasteiger partial charge is 0.455 e. The molecule has 2 aliphatic rings. The van der Waals surface area contributed by atoms with Gasteiger partial charge in [0.1, 0.15) is 18.3 Å². The normalized spacial score (nSPS) is 37.3. The van der Waals surface area contributed by atoms with Crippen LogP contribution in [0.5, 0.6) is 6.01 Å². The van der Waals surface area contributed by atoms with Crippen LogP contribution in [0.25, 0.3) is 0 Å². The van der Waals surface area contributed by atoms with Crippen molar-refractivity contribution in [1.29, 1.82) is 0 Å². The van der Waals surface area contributed by atoms with E-state index in [9.17, 15) is 5.11 Å². The average Bonchev–Trinajstić information content (AvgIpc) is 2.86. The molecule has 2 fully saturated rings. The van der Waals surface area contributed by atoms with Crippen molar-refractivity contribution in [2.24, 2.45) is 0 Å². The van der Waals surface area contributed by atoms with Crippen LogP contribution >= 0.6 is 0 Å². The molecule has 16 heavy (non-hydrogen) atoms. The molecule has 2 aliphatic heterocycles. The van der Waals surface area contributed by atoms with Crippen LogP contribution in [-0.4, -0.2) is 52.7 Å². The van der Waals surface area contributed by atoms with E-state index in [-0.39, 0.29) is 18.3 Å². The molecule has 0 spiro atoms. The molecule has 86 valence electrons. The van der Waals surface area contributed by atoms with Gasteiger partial charge in [-0.2, -0.15) is 0 Å². The Morgan fingerprint density at radius 1 is 1.19 bits per heavy atom. The lowest BCUT2D eigenvalue weighted by Crippen LogP contribution is -2.34. The third-order valence-corrected chi connectivity index (χ3v) is 2.78. The van der Waals surface area contributed by atoms with Crippen molar-refractivity contribution in [2.75, 3.05) is 13.2 Å². The molecule has 3 rings (SSSR count). The first-order chi connectivity index (χ1) is 7.84. The lowest BCUT2D eigenvalue weighted by Gasteiger charge is -2.15. The van der Waals surface area contributed by atoms with E-state index < -0.39 is 6.10 Å². The Bertz CT molecular complexity index is 361. The second kappa shape index (κ2) is 3.97. The molecule has 0 unspecified atom stereocenters. The predicted molar refractivity (Wildman–Crippen MR) is 51.9 cm³/mol. The van der Waals surface area contributed by atoms with Gasteiger partial charge in [-0.3, -0.25) is 0 Å². The number of rotatable bonds is 2. The predicted octanol–water partition coefficient (Wildman–Crippen LogP) is -0.618. The first-order valence-corrected chi connectivity index (χ1v) is 5.19. The first-order valence-electron chi connectivity index (χ1n) is 5.19. The summed E-state index contributed by atoms with van der Waals surface area (Å²) in [5, 5.41) is 9.55. The molecule has 0 bridgehead atoms. The number of aliphatic hydroxyl groups excluding tert-OH is 1. The average molecular weight is 224 g/mol. The van der Waals surface area contributed by atoms with Gasteiger partial charge < -0.3 is 19.3 Å². The number of hydrogen-bond donors (Lipinski definition) is 1. The number of fused-ring (bicyclic) bond motifs is 1. The second-order valence-corrected chi connectivity index (χ2v) is 3.85. The fourth-order valence-corrected chi connectivity index (χ4v) is 2.03. The molecular formula is C10H12N2O4. The number of ether oxygens (including phenoxy) is 3. The van der Waals surface area contributed by atoms with Crippen molar-refractivity contribution in [1.82, 2.24) is 9.97 Å². The van der Waals surface area contributed by atoms with E-state index in [1.807, 2.05) is 0 Å². The summed E-state index contributed by atoms with van der Waals surface area (Å²) in [7, 11) is 0. The van der Waals surface area contributed by atoms with Gasteiger partial charge >= 0.3 is 6.01 Å². The SMILES string of the molecule is O[C@@H]1CO[C@H]2[C@@H]1OC[C@H]2Oc1ncccn1. The van der Waals surface area contributed by atoms with Gasteiger partial charge in [-0.25, -0.2) is 9.97 Å². The van der Waals surface area contributed by atoms with Crippen molar-refractivity contribution in [2.45, 2.75) is 24.4 Å². The van der Waals surface area contributed by atoms with Gasteiger partial charge in [0.25, 0.3) is 0 Å². The zero-order valence-corrected chi connectivity index (χ0v) is 8.52. The lowest BCUT2D eigenvalue weighted by atomic mass is 10.1. The molecule has 2 saturated heterocycles. The Kier molecular flexibility index (Phi) is 2.47. The highest BCUT2D eigenvalue weighted by Crippen LogP contribution is 2.28. The zero-order valence-electron chi connectivity index (χ0n) is 8.52. The van der Waals surface area contributed by atoms with E-state index in [0.717, 1.165) is 0 Å². The van der Waals surface area contributed by atoms with Gasteiger partial charge in [0.2, 0.25) is 0 Å². The van der Waals surface area contributed by atoms with Gasteiger partial charge in [0.15, 0.2) is 6.10 Å². The van der Waals surface area contributed by atoms with Crippen molar-refractivity contribution < 1.29 is 19.3 Å². The molecule has 0 amide bonds. The van der Waals surface area contributed by atoms with Crippen LogP contribution in [0.3, 0.4) is 0 Å². The summed E-state index contributed by atoms with van der Waals surface area (Å²) in [6, 6.07) is 2.03. The Morgan fingerprint density at radius 3 is 2.75 bits per heavy atom. The smallest absolute Gasteiger partial charge is 0.316 e. The van der Waals surface area contributed by atoms with Crippen molar-refractivity contribution >= 4 is 0 Å². The quantitative estimate of drug-likeness (QED) is 0.722. The van der Waals surface area contributed by atoms with Gasteiger partial charge in [-0.1, -0.05) is 0 Å². The van der Waals surface area contributed by atoms with Crippen LogP contribution in [-0.2, 0) is 9.47 Å². The summed E-state index contributed by atoms with van der Waals surface area (Å²) in [5.74, 6) is 0. The van der Waals surface area contributed by atoms with Gasteiger partial charge in [-0.05, 0) is 6.07 Å². The van der Waals surface area contributed by atoms with E-state index in [1.165, 1.54) is 0 Å². The number of aliphatic hydroxyl groups is 1. The monoisotopic (exact) mass is 224 g/mol. The van der Waals surface area contributed by atoms with Crippen molar-refractivity contribution in [3.05, 3.63) is 18.5 Å². The number of nitrogens with zero attached hydrogens (tertiary/aromatic N) is 2. The minimum atomic E-state index is -0.560. The number of hydrogen-bond acceptors (Lipinski definition) is 6. The molecule has 6 heteroatoms. The van der Waals surface area contributed by atoms with Gasteiger partial charge in [-0.15, -0.1) is 0 Å². The lowest BCUT2D eigenvalue weighted by molar-refractivity contribution is 0.00680. The van der Waals surface area contributed by atoms with Crippen molar-refractivity contribution in [3.63, 3.8) is 0 Å². The van der Waals surface area contributed by atoms with Gasteiger partial charge in [0, 0.05) is 12.4 Å². The van der Waals surface area contributed by atoms with E-state index >= 15 is 0 Å². The summed E-state index contributed by atoms with van der Waals surface area (Å²) >= 11 is 0. The summed E-state index contributed by atoms with van der Waals surface area (Å²) in [6.07, 6.45) is 1.91. The third-order valence-electron chi connectivity index (χ3n) is 2.78. The first kappa shape index (κ1) is 9.95. The Morgan fingerprint density at radius 2 is 1.94 bits per heavy atom. The Labute approximate surface area is 92.2 Å². The van der Waals surface area contributed by atoms with E-state index in [4.69, 9.17) is 14.2 Å². The molecule has 1 N–H and O–H groups in total. The Hall–Kier alpha value is -1.24. The molecule has 6 nitrogen and oxygen atoms in total. The standard InChI is InChI=1S/C10H12N2O4/c13-6-4-14-9-7(5-15-8(6)9)16-10-11-2-1-3-12-10/h1-3,6-9,13H,4-5H2/t6-,7-,8-,9-/m1/s1. The highest BCUT2D eigenvalue weighted by molar-refractivity contribution is 5.00. The second-order valence-electron chi connectivity index (χ2n) is 3.85. The molecule has 4 atom stereocenters. The fraction of sp³-hybridized carbons (Fsp3) is 0.600. The maximum Gasteiger partial charge on any atom is 0.316 e. The van der Waals surface area contributed by atoms with Crippen LogP contribution in [0, 0.1) is 0 Å². The molecule has 0 saturated carbocycles. The molecule has 3 heterocycles. The van der Waals surface area contributed by atoms with Gasteiger partial charge in [0.05, 0.1) is 13.2 Å². The molecule has 1 aromatic rings. The maximum absolute atomic E-state index is 9.55. The van der Waals surface area contributed by atoms with Crippen LogP contribution in [0.15, 0.2) is 18.5 Å². The summed E-state index contributed by atoms with van der Waals surface area (Å²) in [6.45, 7) is 0.690. The minimum Gasteiger partial charge on any atom is -0.455 e. The Balaban J connectivity index is 1.69. The van der Waals surface area contributed by atoms with E-state index in [0.29, 0.717) is 19.2 Å². The molecule has 0 aromatic carbocycles. The fourth-order valence-electron chi connectivity index (χ4n) is 2.03. The van der Waals surface area contributed by atoms with E-state index in [2.05, 4.69) is 9.97 Å². The number of aromatic nitrogens is 2. The molecule has 0 radical (unpaired) electrons. The highest BCUT2D eigenvalue weighted by Gasteiger charge is 2.48. The topological polar surface area (TPSA) is 73.7 Å². The van der Waals surface area contributed by atoms with Crippen LogP contribution < -0.4 is 4.74 Å². The van der Waals surface area contributed by atoms with Crippen LogP contribution in [0.4, 0.5) is 0 Å². The zero-order chi connectivity index (χ0) is 11.0. The van der Waals surface area contributed by atoms with E-state index in [1.54, 1.807) is 18.5 Å².